The Morgan fingerprint density at radius 3 is 2.38 bits per heavy atom. The van der Waals surface area contributed by atoms with Crippen LogP contribution >= 0.6 is 11.3 Å². The molecule has 8 heteroatoms. The van der Waals surface area contributed by atoms with E-state index in [0.717, 1.165) is 10.6 Å². The quantitative estimate of drug-likeness (QED) is 0.352. The zero-order valence-corrected chi connectivity index (χ0v) is 18.9. The zero-order chi connectivity index (χ0) is 23.0. The lowest BCUT2D eigenvalue weighted by Gasteiger charge is -2.25. The van der Waals surface area contributed by atoms with Crippen LogP contribution in [0.25, 0.3) is 5.76 Å². The fourth-order valence-corrected chi connectivity index (χ4v) is 4.62. The Labute approximate surface area is 189 Å². The topological polar surface area (TPSA) is 89.0 Å². The van der Waals surface area contributed by atoms with Crippen molar-refractivity contribution in [3.05, 3.63) is 75.8 Å². The molecule has 0 bridgehead atoms. The molecule has 2 heterocycles. The summed E-state index contributed by atoms with van der Waals surface area (Å²) in [5.74, 6) is -0.826. The minimum Gasteiger partial charge on any atom is -0.507 e. The van der Waals surface area contributed by atoms with Crippen molar-refractivity contribution in [2.75, 3.05) is 19.1 Å². The smallest absolute Gasteiger partial charge is 0.301 e. The van der Waals surface area contributed by atoms with Crippen molar-refractivity contribution >= 4 is 33.9 Å². The summed E-state index contributed by atoms with van der Waals surface area (Å²) in [4.78, 5) is 33.2. The predicted octanol–water partition coefficient (Wildman–Crippen LogP) is 4.40. The van der Waals surface area contributed by atoms with E-state index in [9.17, 15) is 14.7 Å². The molecule has 1 aliphatic heterocycles. The molecule has 1 fully saturated rings. The van der Waals surface area contributed by atoms with Crippen molar-refractivity contribution in [1.82, 2.24) is 4.98 Å². The van der Waals surface area contributed by atoms with E-state index in [2.05, 4.69) is 4.98 Å². The number of carbonyl (C=O) groups is 2. The zero-order valence-electron chi connectivity index (χ0n) is 18.1. The van der Waals surface area contributed by atoms with Gasteiger partial charge in [0.15, 0.2) is 5.13 Å². The molecule has 0 unspecified atom stereocenters. The van der Waals surface area contributed by atoms with Gasteiger partial charge in [-0.2, -0.15) is 0 Å². The molecule has 0 spiro atoms. The standard InChI is InChI=1S/C24H22N2O5S/c1-13-14(2)32-24(25-13)26-20(17-12-16(30-3)10-11-18(17)31-4)19(22(28)23(26)29)21(27)15-8-6-5-7-9-15/h5-12,20,27H,1-4H3/b21-19+/t20-/m0/s1. The normalized spacial score (nSPS) is 17.6. The van der Waals surface area contributed by atoms with Gasteiger partial charge in [-0.15, -0.1) is 11.3 Å². The average Bonchev–Trinajstić information content (AvgIpc) is 3.28. The highest BCUT2D eigenvalue weighted by Crippen LogP contribution is 2.46. The maximum Gasteiger partial charge on any atom is 0.301 e. The van der Waals surface area contributed by atoms with Gasteiger partial charge in [0.1, 0.15) is 23.3 Å². The van der Waals surface area contributed by atoms with Crippen molar-refractivity contribution < 1.29 is 24.2 Å². The number of anilines is 1. The first-order chi connectivity index (χ1) is 15.4. The Morgan fingerprint density at radius 2 is 1.78 bits per heavy atom. The summed E-state index contributed by atoms with van der Waals surface area (Å²) in [6, 6.07) is 12.9. The maximum absolute atomic E-state index is 13.2. The van der Waals surface area contributed by atoms with Gasteiger partial charge in [0.25, 0.3) is 5.78 Å². The first-order valence-corrected chi connectivity index (χ1v) is 10.7. The monoisotopic (exact) mass is 450 g/mol. The molecule has 2 aromatic carbocycles. The Hall–Kier alpha value is -3.65. The molecule has 1 aromatic heterocycles. The highest BCUT2D eigenvalue weighted by Gasteiger charge is 2.49. The largest absolute Gasteiger partial charge is 0.507 e. The Kier molecular flexibility index (Phi) is 5.71. The van der Waals surface area contributed by atoms with Gasteiger partial charge >= 0.3 is 5.91 Å². The fourth-order valence-electron chi connectivity index (χ4n) is 3.69. The molecule has 1 amide bonds. The molecular weight excluding hydrogens is 428 g/mol. The molecule has 32 heavy (non-hydrogen) atoms. The van der Waals surface area contributed by atoms with E-state index in [1.165, 1.54) is 30.5 Å². The number of rotatable bonds is 5. The van der Waals surface area contributed by atoms with E-state index >= 15 is 0 Å². The van der Waals surface area contributed by atoms with Crippen molar-refractivity contribution in [1.29, 1.82) is 0 Å². The second kappa shape index (κ2) is 8.47. The molecule has 7 nitrogen and oxygen atoms in total. The van der Waals surface area contributed by atoms with Crippen molar-refractivity contribution in [2.24, 2.45) is 0 Å². The maximum atomic E-state index is 13.2. The summed E-state index contributed by atoms with van der Waals surface area (Å²) >= 11 is 1.31. The molecule has 1 atom stereocenters. The Bertz CT molecular complexity index is 1210. The van der Waals surface area contributed by atoms with Crippen LogP contribution < -0.4 is 14.4 Å². The van der Waals surface area contributed by atoms with Crippen LogP contribution in [0, 0.1) is 13.8 Å². The highest BCUT2D eigenvalue weighted by molar-refractivity contribution is 7.16. The number of hydrogen-bond donors (Lipinski definition) is 1. The van der Waals surface area contributed by atoms with Gasteiger partial charge in [0.05, 0.1) is 25.5 Å². The van der Waals surface area contributed by atoms with Gasteiger partial charge in [-0.25, -0.2) is 4.98 Å². The SMILES string of the molecule is COc1ccc(OC)c([C@H]2/C(=C(\O)c3ccccc3)C(=O)C(=O)N2c2nc(C)c(C)s2)c1. The van der Waals surface area contributed by atoms with Crippen LogP contribution in [0.15, 0.2) is 54.1 Å². The number of amides is 1. The summed E-state index contributed by atoms with van der Waals surface area (Å²) in [5, 5.41) is 11.5. The molecule has 1 aliphatic rings. The third kappa shape index (κ3) is 3.52. The molecule has 3 aromatic rings. The number of Topliss-reactive ketones (excluding diaryl/α,β-unsaturated/α-hetero) is 1. The van der Waals surface area contributed by atoms with Gasteiger partial charge in [-0.1, -0.05) is 30.3 Å². The van der Waals surface area contributed by atoms with Crippen LogP contribution in [-0.2, 0) is 9.59 Å². The first-order valence-electron chi connectivity index (χ1n) is 9.89. The van der Waals surface area contributed by atoms with Crippen LogP contribution in [0.5, 0.6) is 11.5 Å². The fraction of sp³-hybridized carbons (Fsp3) is 0.208. The number of aliphatic hydroxyl groups is 1. The summed E-state index contributed by atoms with van der Waals surface area (Å²) in [5.41, 5.74) is 1.68. The number of aliphatic hydroxyl groups excluding tert-OH is 1. The van der Waals surface area contributed by atoms with Crippen LogP contribution in [0.2, 0.25) is 0 Å². The van der Waals surface area contributed by atoms with Gasteiger partial charge in [-0.05, 0) is 32.0 Å². The van der Waals surface area contributed by atoms with Crippen LogP contribution in [-0.4, -0.2) is 36.0 Å². The van der Waals surface area contributed by atoms with E-state index in [-0.39, 0.29) is 11.3 Å². The number of methoxy groups -OCH3 is 2. The molecule has 0 saturated carbocycles. The molecule has 1 saturated heterocycles. The van der Waals surface area contributed by atoms with Crippen molar-refractivity contribution in [3.8, 4) is 11.5 Å². The Morgan fingerprint density at radius 1 is 1.06 bits per heavy atom. The number of aryl methyl sites for hydroxylation is 2. The number of ether oxygens (including phenoxy) is 2. The predicted molar refractivity (Wildman–Crippen MR) is 122 cm³/mol. The van der Waals surface area contributed by atoms with E-state index in [0.29, 0.717) is 27.8 Å². The number of benzene rings is 2. The van der Waals surface area contributed by atoms with Gasteiger partial charge < -0.3 is 14.6 Å². The van der Waals surface area contributed by atoms with Gasteiger partial charge in [0, 0.05) is 16.0 Å². The molecule has 1 N–H and O–H groups in total. The average molecular weight is 451 g/mol. The second-order valence-corrected chi connectivity index (χ2v) is 8.46. The summed E-state index contributed by atoms with van der Waals surface area (Å²) in [6.07, 6.45) is 0. The lowest BCUT2D eigenvalue weighted by Crippen LogP contribution is -2.29. The number of thiazole rings is 1. The summed E-state index contributed by atoms with van der Waals surface area (Å²) in [7, 11) is 3.03. The lowest BCUT2D eigenvalue weighted by molar-refractivity contribution is -0.132. The van der Waals surface area contributed by atoms with E-state index < -0.39 is 17.7 Å². The number of carbonyl (C=O) groups excluding carboxylic acids is 2. The first kappa shape index (κ1) is 21.6. The van der Waals surface area contributed by atoms with Crippen LogP contribution in [0.3, 0.4) is 0 Å². The van der Waals surface area contributed by atoms with E-state index in [1.807, 2.05) is 13.8 Å². The number of aromatic nitrogens is 1. The van der Waals surface area contributed by atoms with Crippen molar-refractivity contribution in [3.63, 3.8) is 0 Å². The summed E-state index contributed by atoms with van der Waals surface area (Å²) < 4.78 is 10.9. The van der Waals surface area contributed by atoms with E-state index in [1.54, 1.807) is 48.5 Å². The number of hydrogen-bond acceptors (Lipinski definition) is 7. The van der Waals surface area contributed by atoms with E-state index in [4.69, 9.17) is 9.47 Å². The number of nitrogens with zero attached hydrogens (tertiary/aromatic N) is 2. The second-order valence-electron chi connectivity index (χ2n) is 7.28. The van der Waals surface area contributed by atoms with Crippen LogP contribution in [0.4, 0.5) is 5.13 Å². The molecular formula is C24H22N2O5S. The van der Waals surface area contributed by atoms with Crippen molar-refractivity contribution in [2.45, 2.75) is 19.9 Å². The summed E-state index contributed by atoms with van der Waals surface area (Å²) in [6.45, 7) is 3.75. The highest BCUT2D eigenvalue weighted by atomic mass is 32.1. The molecule has 164 valence electrons. The molecule has 4 rings (SSSR count). The number of ketones is 1. The third-order valence-corrected chi connectivity index (χ3v) is 6.52. The molecule has 0 radical (unpaired) electrons. The Balaban J connectivity index is 2.02. The van der Waals surface area contributed by atoms with Gasteiger partial charge in [-0.3, -0.25) is 14.5 Å². The third-order valence-electron chi connectivity index (χ3n) is 5.45. The lowest BCUT2D eigenvalue weighted by atomic mass is 9.94. The minimum absolute atomic E-state index is 0.0294. The molecule has 0 aliphatic carbocycles. The van der Waals surface area contributed by atoms with Crippen LogP contribution in [0.1, 0.15) is 27.7 Å². The minimum atomic E-state index is -0.940. The van der Waals surface area contributed by atoms with Gasteiger partial charge in [0.2, 0.25) is 0 Å².